The number of carbonyl (C=O) groups excluding carboxylic acids is 1. The van der Waals surface area contributed by atoms with Crippen LogP contribution in [-0.2, 0) is 4.79 Å². The molecule has 1 aliphatic heterocycles. The van der Waals surface area contributed by atoms with Crippen LogP contribution < -0.4 is 11.1 Å². The normalized spacial score (nSPS) is 31.3. The van der Waals surface area contributed by atoms with Crippen molar-refractivity contribution in [1.29, 1.82) is 0 Å². The molecule has 3 N–H and O–H groups in total. The lowest BCUT2D eigenvalue weighted by atomic mass is 9.91. The summed E-state index contributed by atoms with van der Waals surface area (Å²) in [7, 11) is 0. The molecule has 0 spiro atoms. The Bertz CT molecular complexity index is 333. The summed E-state index contributed by atoms with van der Waals surface area (Å²) >= 11 is 0. The maximum absolute atomic E-state index is 11.8. The second-order valence-corrected chi connectivity index (χ2v) is 6.71. The maximum Gasteiger partial charge on any atom is 0.237 e. The molecule has 1 saturated carbocycles. The van der Waals surface area contributed by atoms with Gasteiger partial charge < -0.3 is 11.1 Å². The second-order valence-electron chi connectivity index (χ2n) is 6.71. The van der Waals surface area contributed by atoms with E-state index in [1.165, 1.54) is 25.8 Å². The highest BCUT2D eigenvalue weighted by Gasteiger charge is 2.42. The van der Waals surface area contributed by atoms with Crippen LogP contribution in [0.2, 0.25) is 0 Å². The van der Waals surface area contributed by atoms with Crippen molar-refractivity contribution in [2.75, 3.05) is 13.1 Å². The van der Waals surface area contributed by atoms with Gasteiger partial charge in [0, 0.05) is 18.6 Å². The molecule has 2 fully saturated rings. The number of rotatable bonds is 7. The first-order chi connectivity index (χ1) is 8.96. The Labute approximate surface area is 117 Å². The zero-order valence-corrected chi connectivity index (χ0v) is 12.6. The van der Waals surface area contributed by atoms with Crippen LogP contribution in [0.3, 0.4) is 0 Å². The van der Waals surface area contributed by atoms with E-state index in [9.17, 15) is 4.79 Å². The molecule has 1 saturated heterocycles. The van der Waals surface area contributed by atoms with Crippen molar-refractivity contribution in [2.45, 2.75) is 70.5 Å². The van der Waals surface area contributed by atoms with E-state index in [0.29, 0.717) is 6.04 Å². The van der Waals surface area contributed by atoms with E-state index in [1.807, 2.05) is 6.92 Å². The van der Waals surface area contributed by atoms with Crippen LogP contribution >= 0.6 is 0 Å². The standard InChI is InChI=1S/C15H29N3O/c1-4-7-17-15(3,14(16)19)9-11(2)18-10-12-5-6-13(18)8-12/h11-13,17H,4-10H2,1-3H3,(H2,16,19). The van der Waals surface area contributed by atoms with Crippen molar-refractivity contribution >= 4 is 5.91 Å². The number of hydrogen-bond acceptors (Lipinski definition) is 3. The Morgan fingerprint density at radius 1 is 1.53 bits per heavy atom. The van der Waals surface area contributed by atoms with E-state index >= 15 is 0 Å². The van der Waals surface area contributed by atoms with Gasteiger partial charge >= 0.3 is 0 Å². The Balaban J connectivity index is 1.95. The Kier molecular flexibility index (Phi) is 4.51. The van der Waals surface area contributed by atoms with Crippen LogP contribution in [0.4, 0.5) is 0 Å². The van der Waals surface area contributed by atoms with Gasteiger partial charge in [0.25, 0.3) is 0 Å². The fourth-order valence-corrected chi connectivity index (χ4v) is 3.87. The number of primary amides is 1. The van der Waals surface area contributed by atoms with Gasteiger partial charge in [-0.1, -0.05) is 6.92 Å². The highest BCUT2D eigenvalue weighted by Crippen LogP contribution is 2.39. The topological polar surface area (TPSA) is 58.4 Å². The third kappa shape index (κ3) is 3.11. The zero-order chi connectivity index (χ0) is 14.0. The molecule has 2 bridgehead atoms. The second kappa shape index (κ2) is 5.80. The van der Waals surface area contributed by atoms with Gasteiger partial charge in [0.1, 0.15) is 0 Å². The average molecular weight is 267 g/mol. The molecular formula is C15H29N3O. The quantitative estimate of drug-likeness (QED) is 0.735. The summed E-state index contributed by atoms with van der Waals surface area (Å²) in [4.78, 5) is 14.4. The minimum atomic E-state index is -0.572. The Morgan fingerprint density at radius 2 is 2.26 bits per heavy atom. The number of nitrogens with one attached hydrogen (secondary N) is 1. The molecule has 4 atom stereocenters. The number of piperidine rings is 1. The van der Waals surface area contributed by atoms with Crippen molar-refractivity contribution in [2.24, 2.45) is 11.7 Å². The molecule has 0 radical (unpaired) electrons. The van der Waals surface area contributed by atoms with Gasteiger partial charge in [0.15, 0.2) is 0 Å². The fraction of sp³-hybridized carbons (Fsp3) is 0.933. The number of nitrogens with zero attached hydrogens (tertiary/aromatic N) is 1. The minimum absolute atomic E-state index is 0.225. The van der Waals surface area contributed by atoms with Gasteiger partial charge in [-0.05, 0) is 58.4 Å². The molecular weight excluding hydrogens is 238 g/mol. The molecule has 0 aromatic rings. The highest BCUT2D eigenvalue weighted by atomic mass is 16.1. The molecule has 1 amide bonds. The Hall–Kier alpha value is -0.610. The SMILES string of the molecule is CCCNC(C)(CC(C)N1CC2CCC1C2)C(N)=O. The lowest BCUT2D eigenvalue weighted by molar-refractivity contribution is -0.124. The number of carbonyl (C=O) groups is 1. The van der Waals surface area contributed by atoms with Crippen molar-refractivity contribution in [3.63, 3.8) is 0 Å². The summed E-state index contributed by atoms with van der Waals surface area (Å²) in [5.41, 5.74) is 5.04. The largest absolute Gasteiger partial charge is 0.368 e. The number of nitrogens with two attached hydrogens (primary N) is 1. The summed E-state index contributed by atoms with van der Waals surface area (Å²) in [5, 5.41) is 3.34. The molecule has 1 aliphatic carbocycles. The summed E-state index contributed by atoms with van der Waals surface area (Å²) < 4.78 is 0. The number of amides is 1. The van der Waals surface area contributed by atoms with Crippen molar-refractivity contribution in [1.82, 2.24) is 10.2 Å². The van der Waals surface area contributed by atoms with Crippen molar-refractivity contribution in [3.05, 3.63) is 0 Å². The number of hydrogen-bond donors (Lipinski definition) is 2. The van der Waals surface area contributed by atoms with Gasteiger partial charge in [0.2, 0.25) is 5.91 Å². The first kappa shape index (κ1) is 14.8. The third-order valence-electron chi connectivity index (χ3n) is 5.03. The summed E-state index contributed by atoms with van der Waals surface area (Å²) in [6, 6.07) is 1.18. The lowest BCUT2D eigenvalue weighted by Gasteiger charge is -2.38. The molecule has 2 rings (SSSR count). The molecule has 2 aliphatic rings. The van der Waals surface area contributed by atoms with Crippen molar-refractivity contribution < 1.29 is 4.79 Å². The minimum Gasteiger partial charge on any atom is -0.368 e. The predicted molar refractivity (Wildman–Crippen MR) is 77.8 cm³/mol. The average Bonchev–Trinajstić information content (AvgIpc) is 2.98. The van der Waals surface area contributed by atoms with E-state index in [2.05, 4.69) is 24.1 Å². The van der Waals surface area contributed by atoms with Gasteiger partial charge in [-0.25, -0.2) is 0 Å². The number of likely N-dealkylation sites (tertiary alicyclic amines) is 1. The summed E-state index contributed by atoms with van der Waals surface area (Å²) in [6.45, 7) is 8.37. The zero-order valence-electron chi connectivity index (χ0n) is 12.6. The summed E-state index contributed by atoms with van der Waals surface area (Å²) in [6.07, 6.45) is 5.93. The van der Waals surface area contributed by atoms with E-state index < -0.39 is 5.54 Å². The van der Waals surface area contributed by atoms with Crippen LogP contribution in [0.15, 0.2) is 0 Å². The monoisotopic (exact) mass is 267 g/mol. The van der Waals surface area contributed by atoms with E-state index in [0.717, 1.165) is 31.3 Å². The molecule has 0 aromatic heterocycles. The third-order valence-corrected chi connectivity index (χ3v) is 5.03. The predicted octanol–water partition coefficient (Wildman–Crippen LogP) is 1.49. The molecule has 0 aromatic carbocycles. The van der Waals surface area contributed by atoms with Gasteiger partial charge in [-0.2, -0.15) is 0 Å². The van der Waals surface area contributed by atoms with Gasteiger partial charge in [-0.15, -0.1) is 0 Å². The van der Waals surface area contributed by atoms with Crippen LogP contribution in [0.5, 0.6) is 0 Å². The molecule has 1 heterocycles. The van der Waals surface area contributed by atoms with Gasteiger partial charge in [-0.3, -0.25) is 9.69 Å². The fourth-order valence-electron chi connectivity index (χ4n) is 3.87. The molecule has 4 unspecified atom stereocenters. The first-order valence-electron chi connectivity index (χ1n) is 7.77. The van der Waals surface area contributed by atoms with E-state index in [4.69, 9.17) is 5.73 Å². The van der Waals surface area contributed by atoms with Crippen LogP contribution in [0.25, 0.3) is 0 Å². The van der Waals surface area contributed by atoms with E-state index in [1.54, 1.807) is 0 Å². The van der Waals surface area contributed by atoms with Crippen LogP contribution in [0, 0.1) is 5.92 Å². The highest BCUT2D eigenvalue weighted by molar-refractivity contribution is 5.84. The molecule has 110 valence electrons. The first-order valence-corrected chi connectivity index (χ1v) is 7.77. The van der Waals surface area contributed by atoms with Gasteiger partial charge in [0.05, 0.1) is 5.54 Å². The Morgan fingerprint density at radius 3 is 2.74 bits per heavy atom. The van der Waals surface area contributed by atoms with Crippen LogP contribution in [-0.4, -0.2) is 41.5 Å². The maximum atomic E-state index is 11.8. The van der Waals surface area contributed by atoms with Crippen LogP contribution in [0.1, 0.15) is 52.9 Å². The molecule has 4 heteroatoms. The molecule has 19 heavy (non-hydrogen) atoms. The smallest absolute Gasteiger partial charge is 0.237 e. The van der Waals surface area contributed by atoms with Crippen molar-refractivity contribution in [3.8, 4) is 0 Å². The lowest BCUT2D eigenvalue weighted by Crippen LogP contribution is -2.57. The molecule has 4 nitrogen and oxygen atoms in total. The number of fused-ring (bicyclic) bond motifs is 2. The van der Waals surface area contributed by atoms with E-state index in [-0.39, 0.29) is 5.91 Å². The summed E-state index contributed by atoms with van der Waals surface area (Å²) in [5.74, 6) is 0.674.